The summed E-state index contributed by atoms with van der Waals surface area (Å²) < 4.78 is 3.37. The van der Waals surface area contributed by atoms with Crippen molar-refractivity contribution in [3.8, 4) is 0 Å². The molecule has 17 heavy (non-hydrogen) atoms. The first-order valence-corrected chi connectivity index (χ1v) is 6.97. The van der Waals surface area contributed by atoms with Gasteiger partial charge in [-0.25, -0.2) is 0 Å². The van der Waals surface area contributed by atoms with E-state index in [1.165, 1.54) is 10.4 Å². The minimum atomic E-state index is 0.841. The number of aromatic nitrogens is 1. The van der Waals surface area contributed by atoms with E-state index in [0.717, 1.165) is 22.1 Å². The molecule has 0 unspecified atom stereocenters. The van der Waals surface area contributed by atoms with E-state index in [2.05, 4.69) is 50.3 Å². The monoisotopic (exact) mass is 306 g/mol. The number of benzene rings is 1. The number of hydrogen-bond acceptors (Lipinski definition) is 2. The Morgan fingerprint density at radius 2 is 2.18 bits per heavy atom. The van der Waals surface area contributed by atoms with Crippen LogP contribution in [0.4, 0.5) is 5.69 Å². The fourth-order valence-corrected chi connectivity index (χ4v) is 3.44. The molecule has 0 spiro atoms. The van der Waals surface area contributed by atoms with Crippen LogP contribution in [0.15, 0.2) is 46.4 Å². The molecule has 2 nitrogen and oxygen atoms in total. The van der Waals surface area contributed by atoms with Gasteiger partial charge in [0.05, 0.1) is 12.1 Å². The number of nitrogen functional groups attached to an aromatic ring is 1. The summed E-state index contributed by atoms with van der Waals surface area (Å²) in [5.41, 5.74) is 7.98. The van der Waals surface area contributed by atoms with E-state index < -0.39 is 0 Å². The number of fused-ring (bicyclic) bond motifs is 1. The molecule has 0 aliphatic carbocycles. The van der Waals surface area contributed by atoms with Gasteiger partial charge in [0.1, 0.15) is 0 Å². The fraction of sp³-hybridized carbons (Fsp3) is 0.0769. The van der Waals surface area contributed by atoms with Gasteiger partial charge in [-0.1, -0.05) is 6.07 Å². The third kappa shape index (κ3) is 1.98. The minimum absolute atomic E-state index is 0.841. The van der Waals surface area contributed by atoms with E-state index >= 15 is 0 Å². The summed E-state index contributed by atoms with van der Waals surface area (Å²) >= 11 is 5.24. The topological polar surface area (TPSA) is 30.9 Å². The van der Waals surface area contributed by atoms with Gasteiger partial charge < -0.3 is 10.3 Å². The average Bonchev–Trinajstić information content (AvgIpc) is 2.88. The van der Waals surface area contributed by atoms with E-state index in [1.807, 2.05) is 12.1 Å². The number of thiophene rings is 1. The van der Waals surface area contributed by atoms with Crippen molar-refractivity contribution in [1.82, 2.24) is 4.57 Å². The molecule has 0 aliphatic rings. The van der Waals surface area contributed by atoms with E-state index in [0.29, 0.717) is 0 Å². The first kappa shape index (κ1) is 10.9. The minimum Gasteiger partial charge on any atom is -0.398 e. The van der Waals surface area contributed by atoms with Gasteiger partial charge in [0.25, 0.3) is 0 Å². The van der Waals surface area contributed by atoms with Crippen molar-refractivity contribution in [2.24, 2.45) is 0 Å². The predicted octanol–water partition coefficient (Wildman–Crippen LogP) is 4.10. The summed E-state index contributed by atoms with van der Waals surface area (Å²) in [6.07, 6.45) is 2.09. The van der Waals surface area contributed by atoms with Crippen LogP contribution >= 0.6 is 27.3 Å². The third-order valence-electron chi connectivity index (χ3n) is 2.80. The predicted molar refractivity (Wildman–Crippen MR) is 77.5 cm³/mol. The molecule has 0 aliphatic heterocycles. The lowest BCUT2D eigenvalue weighted by molar-refractivity contribution is 0.851. The zero-order valence-corrected chi connectivity index (χ0v) is 11.5. The molecule has 2 heterocycles. The number of nitrogens with two attached hydrogens (primary N) is 1. The second-order valence-corrected chi connectivity index (χ2v) is 5.87. The lowest BCUT2D eigenvalue weighted by Gasteiger charge is -2.03. The Labute approximate surface area is 112 Å². The normalized spacial score (nSPS) is 11.1. The third-order valence-corrected chi connectivity index (χ3v) is 4.48. The van der Waals surface area contributed by atoms with Crippen molar-refractivity contribution < 1.29 is 0 Å². The lowest BCUT2D eigenvalue weighted by atomic mass is 10.2. The van der Waals surface area contributed by atoms with E-state index in [1.54, 1.807) is 11.3 Å². The molecule has 2 N–H and O–H groups in total. The molecule has 0 fully saturated rings. The van der Waals surface area contributed by atoms with Crippen LogP contribution in [-0.2, 0) is 6.54 Å². The number of halogens is 1. The molecular formula is C13H11BrN2S. The standard InChI is InChI=1S/C13H11BrN2S/c14-9-6-10(17-8-9)7-16-5-4-11-12(15)2-1-3-13(11)16/h1-6,8H,7,15H2. The maximum Gasteiger partial charge on any atom is 0.0569 e. The lowest BCUT2D eigenvalue weighted by Crippen LogP contribution is -1.95. The van der Waals surface area contributed by atoms with Crippen molar-refractivity contribution >= 4 is 43.9 Å². The summed E-state index contributed by atoms with van der Waals surface area (Å²) in [7, 11) is 0. The quantitative estimate of drug-likeness (QED) is 0.710. The molecule has 86 valence electrons. The van der Waals surface area contributed by atoms with Crippen LogP contribution in [-0.4, -0.2) is 4.57 Å². The second-order valence-electron chi connectivity index (χ2n) is 3.95. The van der Waals surface area contributed by atoms with E-state index in [9.17, 15) is 0 Å². The highest BCUT2D eigenvalue weighted by Gasteiger charge is 2.05. The van der Waals surface area contributed by atoms with Gasteiger partial charge in [-0.2, -0.15) is 0 Å². The van der Waals surface area contributed by atoms with E-state index in [-0.39, 0.29) is 0 Å². The molecule has 0 atom stereocenters. The molecule has 2 aromatic heterocycles. The van der Waals surface area contributed by atoms with Crippen LogP contribution in [0.5, 0.6) is 0 Å². The molecule has 3 aromatic rings. The maximum absolute atomic E-state index is 5.95. The summed E-state index contributed by atoms with van der Waals surface area (Å²) in [5, 5.41) is 3.23. The summed E-state index contributed by atoms with van der Waals surface area (Å²) in [6, 6.07) is 10.3. The molecular weight excluding hydrogens is 296 g/mol. The number of hydrogen-bond donors (Lipinski definition) is 1. The summed E-state index contributed by atoms with van der Waals surface area (Å²) in [4.78, 5) is 1.33. The van der Waals surface area contributed by atoms with Crippen molar-refractivity contribution in [3.05, 3.63) is 51.3 Å². The SMILES string of the molecule is Nc1cccc2c1ccn2Cc1cc(Br)cs1. The largest absolute Gasteiger partial charge is 0.398 e. The van der Waals surface area contributed by atoms with Gasteiger partial charge in [-0.15, -0.1) is 11.3 Å². The molecule has 0 bridgehead atoms. The molecule has 0 radical (unpaired) electrons. The zero-order valence-electron chi connectivity index (χ0n) is 9.06. The maximum atomic E-state index is 5.95. The van der Waals surface area contributed by atoms with Crippen LogP contribution in [0.3, 0.4) is 0 Å². The number of nitrogens with zero attached hydrogens (tertiary/aromatic N) is 1. The molecule has 0 saturated carbocycles. The zero-order chi connectivity index (χ0) is 11.8. The van der Waals surface area contributed by atoms with Crippen molar-refractivity contribution in [1.29, 1.82) is 0 Å². The first-order chi connectivity index (χ1) is 8.24. The van der Waals surface area contributed by atoms with Crippen LogP contribution in [0.1, 0.15) is 4.88 Å². The Morgan fingerprint density at radius 1 is 1.29 bits per heavy atom. The van der Waals surface area contributed by atoms with Crippen LogP contribution in [0.2, 0.25) is 0 Å². The van der Waals surface area contributed by atoms with Crippen molar-refractivity contribution in [3.63, 3.8) is 0 Å². The Balaban J connectivity index is 2.04. The average molecular weight is 307 g/mol. The Bertz CT molecular complexity index is 669. The second kappa shape index (κ2) is 4.20. The summed E-state index contributed by atoms with van der Waals surface area (Å²) in [6.45, 7) is 0.892. The van der Waals surface area contributed by atoms with Gasteiger partial charge in [-0.05, 0) is 40.2 Å². The van der Waals surface area contributed by atoms with Crippen molar-refractivity contribution in [2.75, 3.05) is 5.73 Å². The Morgan fingerprint density at radius 3 is 2.94 bits per heavy atom. The van der Waals surface area contributed by atoms with Gasteiger partial charge >= 0.3 is 0 Å². The number of anilines is 1. The van der Waals surface area contributed by atoms with Gasteiger partial charge in [0.15, 0.2) is 0 Å². The molecule has 4 heteroatoms. The highest BCUT2D eigenvalue weighted by molar-refractivity contribution is 9.10. The Kier molecular flexibility index (Phi) is 2.68. The van der Waals surface area contributed by atoms with Gasteiger partial charge in [0, 0.05) is 32.0 Å². The van der Waals surface area contributed by atoms with Gasteiger partial charge in [-0.3, -0.25) is 0 Å². The smallest absolute Gasteiger partial charge is 0.0569 e. The molecule has 0 amide bonds. The molecule has 0 saturated heterocycles. The highest BCUT2D eigenvalue weighted by Crippen LogP contribution is 2.25. The Hall–Kier alpha value is -1.26. The number of rotatable bonds is 2. The molecule has 1 aromatic carbocycles. The first-order valence-electron chi connectivity index (χ1n) is 5.30. The van der Waals surface area contributed by atoms with Crippen LogP contribution in [0.25, 0.3) is 10.9 Å². The fourth-order valence-electron chi connectivity index (χ4n) is 1.99. The van der Waals surface area contributed by atoms with Crippen LogP contribution < -0.4 is 5.73 Å². The van der Waals surface area contributed by atoms with Crippen LogP contribution in [0, 0.1) is 0 Å². The highest BCUT2D eigenvalue weighted by atomic mass is 79.9. The molecule has 3 rings (SSSR count). The van der Waals surface area contributed by atoms with Gasteiger partial charge in [0.2, 0.25) is 0 Å². The summed E-state index contributed by atoms with van der Waals surface area (Å²) in [5.74, 6) is 0. The van der Waals surface area contributed by atoms with E-state index in [4.69, 9.17) is 5.73 Å². The van der Waals surface area contributed by atoms with Crippen molar-refractivity contribution in [2.45, 2.75) is 6.54 Å².